The summed E-state index contributed by atoms with van der Waals surface area (Å²) in [5.74, 6) is -0.564. The van der Waals surface area contributed by atoms with Gasteiger partial charge in [-0.15, -0.1) is 0 Å². The van der Waals surface area contributed by atoms with Gasteiger partial charge in [-0.25, -0.2) is 0 Å². The normalized spacial score (nSPS) is 45.8. The monoisotopic (exact) mass is 727 g/mol. The molecular weight excluding hydrogens is 662 g/mol. The van der Waals surface area contributed by atoms with Crippen molar-refractivity contribution in [1.82, 2.24) is 10.6 Å². The van der Waals surface area contributed by atoms with Gasteiger partial charge in [0.2, 0.25) is 0 Å². The first kappa shape index (κ1) is 38.4. The van der Waals surface area contributed by atoms with Gasteiger partial charge in [-0.3, -0.25) is 4.79 Å². The summed E-state index contributed by atoms with van der Waals surface area (Å²) in [5.41, 5.74) is 3.22. The lowest BCUT2D eigenvalue weighted by Crippen LogP contribution is -2.65. The first-order valence-electron chi connectivity index (χ1n) is 20.3. The Bertz CT molecular complexity index is 1460. The molecule has 0 aromatic heterocycles. The molecule has 0 amide bonds. The quantitative estimate of drug-likeness (QED) is 0.160. The second-order valence-corrected chi connectivity index (χ2v) is 18.5. The Morgan fingerprint density at radius 3 is 2.52 bits per heavy atom. The molecule has 15 unspecified atom stereocenters. The molecular formula is C41H65N3O8. The number of hydrogen-bond donors (Lipinski definition) is 9. The Labute approximate surface area is 309 Å². The van der Waals surface area contributed by atoms with Crippen molar-refractivity contribution < 1.29 is 40.2 Å². The fourth-order valence-electron chi connectivity index (χ4n) is 12.8. The van der Waals surface area contributed by atoms with Crippen LogP contribution in [0, 0.1) is 46.3 Å². The highest BCUT2D eigenvalue weighted by atomic mass is 16.5. The Kier molecular flexibility index (Phi) is 10.4. The van der Waals surface area contributed by atoms with Crippen LogP contribution in [0.15, 0.2) is 35.2 Å². The Morgan fingerprint density at radius 2 is 1.85 bits per heavy atom. The van der Waals surface area contributed by atoms with Crippen LogP contribution in [-0.4, -0.2) is 97.5 Å². The summed E-state index contributed by atoms with van der Waals surface area (Å²) in [7, 11) is 0. The maximum atomic E-state index is 14.9. The van der Waals surface area contributed by atoms with Gasteiger partial charge >= 0.3 is 0 Å². The minimum atomic E-state index is -1.58. The van der Waals surface area contributed by atoms with Crippen molar-refractivity contribution in [3.8, 4) is 0 Å². The van der Waals surface area contributed by atoms with Gasteiger partial charge in [-0.1, -0.05) is 45.6 Å². The number of ketones is 1. The van der Waals surface area contributed by atoms with E-state index in [-0.39, 0.29) is 43.2 Å². The third kappa shape index (κ3) is 6.04. The van der Waals surface area contributed by atoms with Gasteiger partial charge < -0.3 is 51.7 Å². The minimum absolute atomic E-state index is 0.0910. The lowest BCUT2D eigenvalue weighted by molar-refractivity contribution is -0.196. The van der Waals surface area contributed by atoms with Crippen LogP contribution in [0.4, 0.5) is 0 Å². The summed E-state index contributed by atoms with van der Waals surface area (Å²) in [6.07, 6.45) is 9.22. The molecule has 0 spiro atoms. The standard InChI is InChI=1S/C41H65N3O8/c1-22(45)19-44-34-33-27(40(15-11-24-9-10-32(42)43-20-24)18-30(47)29(46)17-28(40)35(34)48)12-14-38(3)31(13-16-41(33,38)51)39(4,50)37(49)36-23(2)26(21-52-36)25-7-5-6-8-25/h9-10,20,22-23,25-32,36-37,43-47,49-51H,5-8,11-19,21,42H2,1-4H3. The Balaban J connectivity index is 1.25. The average molecular weight is 728 g/mol. The van der Waals surface area contributed by atoms with E-state index in [0.717, 1.165) is 5.57 Å². The van der Waals surface area contributed by atoms with E-state index in [9.17, 15) is 35.4 Å². The number of aliphatic hydroxyl groups excluding tert-OH is 4. The first-order valence-corrected chi connectivity index (χ1v) is 20.3. The van der Waals surface area contributed by atoms with Gasteiger partial charge in [0.25, 0.3) is 0 Å². The van der Waals surface area contributed by atoms with E-state index in [1.807, 2.05) is 25.3 Å². The number of carbonyl (C=O) groups is 1. The fourth-order valence-corrected chi connectivity index (χ4v) is 12.8. The number of nitrogens with two attached hydrogens (primary N) is 1. The minimum Gasteiger partial charge on any atom is -0.392 e. The van der Waals surface area contributed by atoms with E-state index in [4.69, 9.17) is 10.5 Å². The van der Waals surface area contributed by atoms with Gasteiger partial charge in [0.15, 0.2) is 5.78 Å². The van der Waals surface area contributed by atoms with Crippen LogP contribution in [0.25, 0.3) is 0 Å². The van der Waals surface area contributed by atoms with Crippen LogP contribution in [0.1, 0.15) is 105 Å². The molecule has 0 aromatic rings. The molecule has 5 fully saturated rings. The molecule has 7 aliphatic rings. The van der Waals surface area contributed by atoms with E-state index in [2.05, 4.69) is 17.6 Å². The first-order chi connectivity index (χ1) is 24.5. The zero-order chi connectivity index (χ0) is 37.4. The maximum Gasteiger partial charge on any atom is 0.182 e. The largest absolute Gasteiger partial charge is 0.392 e. The van der Waals surface area contributed by atoms with Crippen molar-refractivity contribution >= 4 is 5.78 Å². The van der Waals surface area contributed by atoms with Gasteiger partial charge in [0.1, 0.15) is 6.10 Å². The van der Waals surface area contributed by atoms with Crippen LogP contribution in [0.3, 0.4) is 0 Å². The van der Waals surface area contributed by atoms with Crippen LogP contribution in [0.2, 0.25) is 0 Å². The number of fused-ring (bicyclic) bond motifs is 5. The number of allylic oxidation sites excluding steroid dienone is 3. The molecule has 0 bridgehead atoms. The predicted molar refractivity (Wildman–Crippen MR) is 196 cm³/mol. The molecule has 4 saturated carbocycles. The number of ether oxygens (including phenoxy) is 1. The molecule has 0 aromatic carbocycles. The smallest absolute Gasteiger partial charge is 0.182 e. The number of carbonyl (C=O) groups excluding carboxylic acids is 1. The maximum absolute atomic E-state index is 14.9. The average Bonchev–Trinajstić information content (AvgIpc) is 3.83. The molecule has 5 aliphatic carbocycles. The van der Waals surface area contributed by atoms with Gasteiger partial charge in [0.05, 0.1) is 54.1 Å². The van der Waals surface area contributed by atoms with E-state index in [1.165, 1.54) is 25.7 Å². The number of Topliss-reactive ketones (excluding diaryl/α,β-unsaturated/α-hetero) is 1. The summed E-state index contributed by atoms with van der Waals surface area (Å²) in [6.45, 7) is 8.20. The molecule has 10 N–H and O–H groups in total. The summed E-state index contributed by atoms with van der Waals surface area (Å²) in [4.78, 5) is 14.9. The highest BCUT2D eigenvalue weighted by Crippen LogP contribution is 2.70. The van der Waals surface area contributed by atoms with Crippen LogP contribution in [0.5, 0.6) is 0 Å². The molecule has 1 saturated heterocycles. The summed E-state index contributed by atoms with van der Waals surface area (Å²) in [5, 5.41) is 76.9. The van der Waals surface area contributed by atoms with Crippen molar-refractivity contribution in [3.63, 3.8) is 0 Å². The van der Waals surface area contributed by atoms with Crippen molar-refractivity contribution in [3.05, 3.63) is 35.2 Å². The zero-order valence-corrected chi connectivity index (χ0v) is 31.6. The van der Waals surface area contributed by atoms with E-state index in [0.29, 0.717) is 68.2 Å². The fraction of sp³-hybridized carbons (Fsp3) is 0.829. The molecule has 52 heavy (non-hydrogen) atoms. The predicted octanol–water partition coefficient (Wildman–Crippen LogP) is 2.53. The van der Waals surface area contributed by atoms with Crippen LogP contribution >= 0.6 is 0 Å². The van der Waals surface area contributed by atoms with Crippen molar-refractivity contribution in [1.29, 1.82) is 0 Å². The zero-order valence-electron chi connectivity index (χ0n) is 31.6. The molecule has 7 rings (SSSR count). The molecule has 2 aliphatic heterocycles. The summed E-state index contributed by atoms with van der Waals surface area (Å²) >= 11 is 0. The number of rotatable bonds is 10. The third-order valence-electron chi connectivity index (χ3n) is 15.7. The molecule has 11 heteroatoms. The molecule has 2 heterocycles. The SMILES string of the molecule is CC(O)CNC1=C2C(CCC3(C)C(C(C)(O)C(O)C4OCC(C5CCCC5)C4C)CCC23O)C2(CCC3=CNC(N)C=C3)CC(O)C(O)CC2C1=O. The summed E-state index contributed by atoms with van der Waals surface area (Å²) in [6, 6.07) is 0. The van der Waals surface area contributed by atoms with E-state index < -0.39 is 64.4 Å². The number of hydrogen-bond acceptors (Lipinski definition) is 11. The lowest BCUT2D eigenvalue weighted by Gasteiger charge is -2.62. The topological polar surface area (TPSA) is 198 Å². The van der Waals surface area contributed by atoms with Gasteiger partial charge in [-0.05, 0) is 117 Å². The van der Waals surface area contributed by atoms with Crippen molar-refractivity contribution in [2.45, 2.75) is 153 Å². The van der Waals surface area contributed by atoms with E-state index in [1.54, 1.807) is 13.8 Å². The number of nitrogens with one attached hydrogen (secondary N) is 2. The molecule has 292 valence electrons. The summed E-state index contributed by atoms with van der Waals surface area (Å²) < 4.78 is 6.31. The number of dihydropyridines is 1. The molecule has 0 radical (unpaired) electrons. The van der Waals surface area contributed by atoms with Crippen LogP contribution < -0.4 is 16.4 Å². The second kappa shape index (κ2) is 14.0. The van der Waals surface area contributed by atoms with Crippen molar-refractivity contribution in [2.24, 2.45) is 52.1 Å². The van der Waals surface area contributed by atoms with Gasteiger partial charge in [0, 0.05) is 24.1 Å². The third-order valence-corrected chi connectivity index (χ3v) is 15.7. The van der Waals surface area contributed by atoms with Crippen LogP contribution in [-0.2, 0) is 9.53 Å². The van der Waals surface area contributed by atoms with E-state index >= 15 is 0 Å². The van der Waals surface area contributed by atoms with Crippen molar-refractivity contribution in [2.75, 3.05) is 13.2 Å². The second-order valence-electron chi connectivity index (χ2n) is 18.5. The molecule has 11 nitrogen and oxygen atoms in total. The lowest BCUT2D eigenvalue weighted by atomic mass is 9.43. The Morgan fingerprint density at radius 1 is 1.12 bits per heavy atom. The highest BCUT2D eigenvalue weighted by Gasteiger charge is 2.71. The molecule has 15 atom stereocenters. The highest BCUT2D eigenvalue weighted by molar-refractivity contribution is 6.00. The number of aliphatic hydroxyl groups is 6. The Hall–Kier alpha value is -1.83. The van der Waals surface area contributed by atoms with Gasteiger partial charge in [-0.2, -0.15) is 0 Å².